The maximum absolute atomic E-state index is 13.6. The number of phenols is 1. The summed E-state index contributed by atoms with van der Waals surface area (Å²) < 4.78 is 6.32. The minimum Gasteiger partial charge on any atom is -0.507 e. The number of hydrogen-bond donors (Lipinski definition) is 1. The third-order valence-corrected chi connectivity index (χ3v) is 8.43. The SMILES string of the molecule is CC(C)(C)c1cc(COc2cccc3ccc(C4C(=O)c5cc6cccc([N+](=O)[O-])c6cc5C4=O)nc23)cc(C(C)(C)C)c1O. The molecule has 1 aliphatic rings. The number of hydrogen-bond acceptors (Lipinski definition) is 7. The zero-order chi connectivity index (χ0) is 32.4. The lowest BCUT2D eigenvalue weighted by Crippen LogP contribution is -2.18. The van der Waals surface area contributed by atoms with Crippen molar-refractivity contribution < 1.29 is 24.4 Å². The molecule has 8 heteroatoms. The van der Waals surface area contributed by atoms with Crippen LogP contribution in [0.5, 0.6) is 11.5 Å². The van der Waals surface area contributed by atoms with Gasteiger partial charge >= 0.3 is 0 Å². The Morgan fingerprint density at radius 2 is 1.42 bits per heavy atom. The van der Waals surface area contributed by atoms with E-state index in [0.29, 0.717) is 27.8 Å². The van der Waals surface area contributed by atoms with Crippen LogP contribution in [0.2, 0.25) is 0 Å². The predicted octanol–water partition coefficient (Wildman–Crippen LogP) is 8.34. The van der Waals surface area contributed by atoms with Crippen molar-refractivity contribution >= 4 is 38.9 Å². The molecule has 0 aliphatic heterocycles. The van der Waals surface area contributed by atoms with Crippen molar-refractivity contribution in [1.29, 1.82) is 0 Å². The van der Waals surface area contributed by atoms with E-state index in [2.05, 4.69) is 41.5 Å². The molecule has 1 unspecified atom stereocenters. The van der Waals surface area contributed by atoms with Crippen LogP contribution in [-0.4, -0.2) is 26.6 Å². The maximum atomic E-state index is 13.6. The average molecular weight is 603 g/mol. The van der Waals surface area contributed by atoms with E-state index in [4.69, 9.17) is 9.72 Å². The number of phenolic OH excluding ortho intramolecular Hbond substituents is 1. The number of Topliss-reactive ketones (excluding diaryl/α,β-unsaturated/α-hetero) is 2. The van der Waals surface area contributed by atoms with Gasteiger partial charge in [-0.05, 0) is 69.3 Å². The van der Waals surface area contributed by atoms with Gasteiger partial charge in [0.15, 0.2) is 11.6 Å². The fourth-order valence-corrected chi connectivity index (χ4v) is 6.07. The van der Waals surface area contributed by atoms with Crippen molar-refractivity contribution in [2.45, 2.75) is 64.9 Å². The Bertz CT molecular complexity index is 2030. The summed E-state index contributed by atoms with van der Waals surface area (Å²) in [5.41, 5.74) is 3.07. The molecule has 45 heavy (non-hydrogen) atoms. The molecule has 0 bridgehead atoms. The molecule has 1 aromatic heterocycles. The molecule has 1 N–H and O–H groups in total. The second-order valence-electron chi connectivity index (χ2n) is 13.7. The number of rotatable bonds is 5. The molecule has 228 valence electrons. The fourth-order valence-electron chi connectivity index (χ4n) is 6.07. The number of nitrogens with zero attached hydrogens (tertiary/aromatic N) is 2. The van der Waals surface area contributed by atoms with Gasteiger partial charge in [0.25, 0.3) is 5.69 Å². The smallest absolute Gasteiger partial charge is 0.277 e. The molecular formula is C37H34N2O6. The van der Waals surface area contributed by atoms with E-state index < -0.39 is 16.6 Å². The van der Waals surface area contributed by atoms with E-state index in [9.17, 15) is 24.8 Å². The van der Waals surface area contributed by atoms with Crippen LogP contribution in [0, 0.1) is 10.1 Å². The first-order chi connectivity index (χ1) is 21.1. The molecule has 0 spiro atoms. The molecule has 0 saturated heterocycles. The molecule has 4 aromatic carbocycles. The topological polar surface area (TPSA) is 120 Å². The Balaban J connectivity index is 1.36. The van der Waals surface area contributed by atoms with Crippen LogP contribution >= 0.6 is 0 Å². The molecule has 1 heterocycles. The molecule has 0 radical (unpaired) electrons. The van der Waals surface area contributed by atoms with Crippen molar-refractivity contribution in [3.63, 3.8) is 0 Å². The normalized spacial score (nSPS) is 15.1. The number of ether oxygens (including phenoxy) is 1. The second-order valence-corrected chi connectivity index (χ2v) is 13.7. The summed E-state index contributed by atoms with van der Waals surface area (Å²) in [6.07, 6.45) is 0. The number of non-ortho nitro benzene ring substituents is 1. The summed E-state index contributed by atoms with van der Waals surface area (Å²) in [5, 5.41) is 24.3. The molecule has 5 aromatic rings. The molecule has 1 aliphatic carbocycles. The zero-order valence-corrected chi connectivity index (χ0v) is 26.1. The molecule has 0 fully saturated rings. The number of ketones is 2. The van der Waals surface area contributed by atoms with Gasteiger partial charge in [-0.1, -0.05) is 71.9 Å². The number of fused-ring (bicyclic) bond motifs is 3. The molecule has 6 rings (SSSR count). The minimum atomic E-state index is -1.16. The molecular weight excluding hydrogens is 568 g/mol. The van der Waals surface area contributed by atoms with Crippen molar-refractivity contribution in [1.82, 2.24) is 4.98 Å². The summed E-state index contributed by atoms with van der Waals surface area (Å²) in [6, 6.07) is 20.6. The molecule has 0 saturated carbocycles. The summed E-state index contributed by atoms with van der Waals surface area (Å²) in [6.45, 7) is 12.6. The zero-order valence-electron chi connectivity index (χ0n) is 26.1. The largest absolute Gasteiger partial charge is 0.507 e. The Hall–Kier alpha value is -5.11. The number of carbonyl (C=O) groups excluding carboxylic acids is 2. The monoisotopic (exact) mass is 602 g/mol. The number of aromatic hydroxyl groups is 1. The van der Waals surface area contributed by atoms with E-state index in [0.717, 1.165) is 22.1 Å². The van der Waals surface area contributed by atoms with Gasteiger partial charge < -0.3 is 9.84 Å². The number of para-hydroxylation sites is 1. The highest BCUT2D eigenvalue weighted by atomic mass is 16.6. The van der Waals surface area contributed by atoms with Gasteiger partial charge in [-0.3, -0.25) is 19.7 Å². The average Bonchev–Trinajstić information content (AvgIpc) is 3.21. The highest BCUT2D eigenvalue weighted by molar-refractivity contribution is 6.31. The van der Waals surface area contributed by atoms with Crippen molar-refractivity contribution in [3.05, 3.63) is 116 Å². The lowest BCUT2D eigenvalue weighted by Gasteiger charge is -2.28. The van der Waals surface area contributed by atoms with Crippen LogP contribution in [0.15, 0.2) is 72.8 Å². The first kappa shape index (κ1) is 29.9. The van der Waals surface area contributed by atoms with Gasteiger partial charge in [0.2, 0.25) is 0 Å². The molecule has 0 amide bonds. The molecule has 8 nitrogen and oxygen atoms in total. The third-order valence-electron chi connectivity index (χ3n) is 8.43. The number of pyridine rings is 1. The van der Waals surface area contributed by atoms with Crippen LogP contribution in [0.4, 0.5) is 5.69 Å². The highest BCUT2D eigenvalue weighted by Crippen LogP contribution is 2.41. The summed E-state index contributed by atoms with van der Waals surface area (Å²) in [7, 11) is 0. The Kier molecular flexibility index (Phi) is 6.99. The van der Waals surface area contributed by atoms with Crippen LogP contribution in [0.3, 0.4) is 0 Å². The minimum absolute atomic E-state index is 0.123. The standard InChI is InChI=1S/C37H34N2O6/c1-36(2,3)26-15-20(16-27(35(26)42)37(4,5)6)19-45-30-12-8-9-21-13-14-28(38-32(21)30)31-33(40)24-17-22-10-7-11-29(39(43)44)23(22)18-25(24)34(31)41/h7-18,31,42H,19H2,1-6H3. The van der Waals surface area contributed by atoms with Gasteiger partial charge in [0.05, 0.1) is 16.0 Å². The van der Waals surface area contributed by atoms with Gasteiger partial charge in [-0.25, -0.2) is 4.98 Å². The van der Waals surface area contributed by atoms with Crippen LogP contribution in [0.1, 0.15) is 90.6 Å². The maximum Gasteiger partial charge on any atom is 0.277 e. The predicted molar refractivity (Wildman–Crippen MR) is 174 cm³/mol. The van der Waals surface area contributed by atoms with Crippen molar-refractivity contribution in [3.8, 4) is 11.5 Å². The fraction of sp³-hybridized carbons (Fsp3) is 0.270. The van der Waals surface area contributed by atoms with Gasteiger partial charge in [-0.15, -0.1) is 0 Å². The van der Waals surface area contributed by atoms with E-state index >= 15 is 0 Å². The van der Waals surface area contributed by atoms with E-state index in [-0.39, 0.29) is 45.7 Å². The number of nitro groups is 1. The summed E-state index contributed by atoms with van der Waals surface area (Å²) in [4.78, 5) is 43.1. The first-order valence-corrected chi connectivity index (χ1v) is 14.8. The Morgan fingerprint density at radius 1 is 0.822 bits per heavy atom. The lowest BCUT2D eigenvalue weighted by molar-refractivity contribution is -0.383. The van der Waals surface area contributed by atoms with Crippen LogP contribution in [0.25, 0.3) is 21.7 Å². The van der Waals surface area contributed by atoms with Gasteiger partial charge in [0, 0.05) is 22.6 Å². The van der Waals surface area contributed by atoms with E-state index in [1.54, 1.807) is 30.3 Å². The number of aromatic nitrogens is 1. The third kappa shape index (κ3) is 5.20. The van der Waals surface area contributed by atoms with Crippen molar-refractivity contribution in [2.24, 2.45) is 0 Å². The number of benzene rings is 4. The van der Waals surface area contributed by atoms with Gasteiger partial charge in [-0.2, -0.15) is 0 Å². The van der Waals surface area contributed by atoms with E-state index in [1.165, 1.54) is 12.1 Å². The highest BCUT2D eigenvalue weighted by Gasteiger charge is 2.41. The number of carbonyl (C=O) groups is 2. The summed E-state index contributed by atoms with van der Waals surface area (Å²) >= 11 is 0. The summed E-state index contributed by atoms with van der Waals surface area (Å²) in [5.74, 6) is -1.19. The number of nitro benzene ring substituents is 1. The Morgan fingerprint density at radius 3 is 2.04 bits per heavy atom. The quantitative estimate of drug-likeness (QED) is 0.122. The van der Waals surface area contributed by atoms with Gasteiger partial charge in [0.1, 0.15) is 29.5 Å². The van der Waals surface area contributed by atoms with E-state index in [1.807, 2.05) is 30.3 Å². The second kappa shape index (κ2) is 10.5. The first-order valence-electron chi connectivity index (χ1n) is 14.8. The lowest BCUT2D eigenvalue weighted by atomic mass is 9.78. The van der Waals surface area contributed by atoms with Crippen LogP contribution < -0.4 is 4.74 Å². The van der Waals surface area contributed by atoms with Crippen molar-refractivity contribution in [2.75, 3.05) is 0 Å². The van der Waals surface area contributed by atoms with Crippen LogP contribution in [-0.2, 0) is 17.4 Å². The Labute approximate surface area is 260 Å². The molecule has 1 atom stereocenters.